The van der Waals surface area contributed by atoms with Gasteiger partial charge in [-0.25, -0.2) is 9.59 Å². The summed E-state index contributed by atoms with van der Waals surface area (Å²) in [4.78, 5) is 32.7. The maximum Gasteiger partial charge on any atom is 0.356 e. The van der Waals surface area contributed by atoms with Crippen LogP contribution >= 0.6 is 0 Å². The third-order valence-electron chi connectivity index (χ3n) is 4.68. The number of rotatable bonds is 19. The molecule has 0 saturated carbocycles. The van der Waals surface area contributed by atoms with Crippen molar-refractivity contribution in [1.82, 2.24) is 0 Å². The van der Waals surface area contributed by atoms with Gasteiger partial charge in [0.2, 0.25) is 0 Å². The van der Waals surface area contributed by atoms with Crippen LogP contribution in [-0.2, 0) is 19.1 Å². The first-order valence-corrected chi connectivity index (χ1v) is 10.6. The van der Waals surface area contributed by atoms with E-state index >= 15 is 0 Å². The van der Waals surface area contributed by atoms with Crippen LogP contribution in [0.4, 0.5) is 0 Å². The van der Waals surface area contributed by atoms with E-state index in [1.165, 1.54) is 70.6 Å². The molecule has 0 fully saturated rings. The van der Waals surface area contributed by atoms with Gasteiger partial charge in [-0.2, -0.15) is 0 Å². The minimum absolute atomic E-state index is 0.0648. The average molecular weight is 387 g/mol. The zero-order valence-electron chi connectivity index (χ0n) is 16.9. The molecule has 6 heteroatoms. The van der Waals surface area contributed by atoms with Crippen LogP contribution < -0.4 is 0 Å². The van der Waals surface area contributed by atoms with Crippen molar-refractivity contribution in [3.8, 4) is 0 Å². The molecule has 0 unspecified atom stereocenters. The lowest BCUT2D eigenvalue weighted by molar-refractivity contribution is -0.174. The molecule has 0 atom stereocenters. The first-order chi connectivity index (χ1) is 13.0. The summed E-state index contributed by atoms with van der Waals surface area (Å²) in [6.45, 7) is 2.24. The normalized spacial score (nSPS) is 10.9. The summed E-state index contributed by atoms with van der Waals surface area (Å²) in [5, 5.41) is 17.3. The zero-order valence-corrected chi connectivity index (χ0v) is 16.9. The van der Waals surface area contributed by atoms with E-state index in [-0.39, 0.29) is 6.42 Å². The third-order valence-corrected chi connectivity index (χ3v) is 4.68. The van der Waals surface area contributed by atoms with Gasteiger partial charge in [-0.15, -0.1) is 0 Å². The van der Waals surface area contributed by atoms with Crippen molar-refractivity contribution in [2.75, 3.05) is 0 Å². The Hall–Kier alpha value is -1.59. The molecule has 0 aliphatic rings. The van der Waals surface area contributed by atoms with Gasteiger partial charge < -0.3 is 14.9 Å². The first kappa shape index (κ1) is 25.4. The minimum Gasteiger partial charge on any atom is -0.478 e. The minimum atomic E-state index is -2.10. The van der Waals surface area contributed by atoms with Gasteiger partial charge in [-0.1, -0.05) is 96.8 Å². The van der Waals surface area contributed by atoms with Crippen LogP contribution in [-0.4, -0.2) is 34.2 Å². The van der Waals surface area contributed by atoms with Gasteiger partial charge in [-0.05, 0) is 6.42 Å². The van der Waals surface area contributed by atoms with E-state index in [1.54, 1.807) is 0 Å². The fourth-order valence-corrected chi connectivity index (χ4v) is 3.04. The molecular formula is C21H38O6. The van der Waals surface area contributed by atoms with E-state index in [9.17, 15) is 14.4 Å². The molecule has 0 aliphatic heterocycles. The summed E-state index contributed by atoms with van der Waals surface area (Å²) < 4.78 is 4.45. The van der Waals surface area contributed by atoms with E-state index in [1.807, 2.05) is 0 Å². The topological polar surface area (TPSA) is 101 Å². The smallest absolute Gasteiger partial charge is 0.356 e. The Labute approximate surface area is 163 Å². The van der Waals surface area contributed by atoms with Gasteiger partial charge in [0.25, 0.3) is 6.10 Å². The summed E-state index contributed by atoms with van der Waals surface area (Å²) in [6.07, 6.45) is 16.2. The Bertz CT molecular complexity index is 393. The average Bonchev–Trinajstić information content (AvgIpc) is 2.62. The van der Waals surface area contributed by atoms with E-state index in [0.717, 1.165) is 19.3 Å². The van der Waals surface area contributed by atoms with Gasteiger partial charge in [0.15, 0.2) is 0 Å². The predicted molar refractivity (Wildman–Crippen MR) is 105 cm³/mol. The highest BCUT2D eigenvalue weighted by Crippen LogP contribution is 2.14. The molecule has 0 heterocycles. The maximum atomic E-state index is 11.4. The quantitative estimate of drug-likeness (QED) is 0.177. The SMILES string of the molecule is CCCCCCCCCCCCCCCCCC(=O)OC(C(=O)O)C(=O)O. The van der Waals surface area contributed by atoms with Gasteiger partial charge >= 0.3 is 17.9 Å². The molecule has 6 nitrogen and oxygen atoms in total. The summed E-state index contributed by atoms with van der Waals surface area (Å²) in [7, 11) is 0. The molecule has 0 rings (SSSR count). The van der Waals surface area contributed by atoms with Crippen LogP contribution in [0.1, 0.15) is 110 Å². The highest BCUT2D eigenvalue weighted by molar-refractivity contribution is 5.97. The summed E-state index contributed by atoms with van der Waals surface area (Å²) in [5.41, 5.74) is 0. The number of carboxylic acids is 2. The molecule has 0 spiro atoms. The van der Waals surface area contributed by atoms with E-state index in [2.05, 4.69) is 11.7 Å². The monoisotopic (exact) mass is 386 g/mol. The molecule has 0 aromatic carbocycles. The maximum absolute atomic E-state index is 11.4. The number of carbonyl (C=O) groups is 3. The van der Waals surface area contributed by atoms with Gasteiger partial charge in [0.05, 0.1) is 0 Å². The van der Waals surface area contributed by atoms with Crippen molar-refractivity contribution < 1.29 is 29.3 Å². The van der Waals surface area contributed by atoms with Crippen molar-refractivity contribution in [2.45, 2.75) is 116 Å². The Balaban J connectivity index is 3.36. The fraction of sp³-hybridized carbons (Fsp3) is 0.857. The summed E-state index contributed by atoms with van der Waals surface area (Å²) in [5.74, 6) is -4.08. The largest absolute Gasteiger partial charge is 0.478 e. The Kier molecular flexibility index (Phi) is 16.8. The molecule has 0 aromatic rings. The van der Waals surface area contributed by atoms with Gasteiger partial charge in [0.1, 0.15) is 0 Å². The van der Waals surface area contributed by atoms with E-state index < -0.39 is 24.0 Å². The molecule has 2 N–H and O–H groups in total. The summed E-state index contributed by atoms with van der Waals surface area (Å²) in [6, 6.07) is 0. The first-order valence-electron chi connectivity index (χ1n) is 10.6. The van der Waals surface area contributed by atoms with E-state index in [4.69, 9.17) is 10.2 Å². The number of hydrogen-bond acceptors (Lipinski definition) is 4. The fourth-order valence-electron chi connectivity index (χ4n) is 3.04. The number of aliphatic carboxylic acids is 2. The Morgan fingerprint density at radius 2 is 0.963 bits per heavy atom. The van der Waals surface area contributed by atoms with Crippen LogP contribution in [0.2, 0.25) is 0 Å². The number of hydrogen-bond donors (Lipinski definition) is 2. The van der Waals surface area contributed by atoms with Crippen molar-refractivity contribution in [3.05, 3.63) is 0 Å². The molecule has 0 amide bonds. The lowest BCUT2D eigenvalue weighted by Gasteiger charge is -2.09. The Morgan fingerprint density at radius 3 is 1.30 bits per heavy atom. The van der Waals surface area contributed by atoms with Crippen LogP contribution in [0.5, 0.6) is 0 Å². The second kappa shape index (κ2) is 17.8. The highest BCUT2D eigenvalue weighted by atomic mass is 16.6. The van der Waals surface area contributed by atoms with Crippen molar-refractivity contribution >= 4 is 17.9 Å². The molecule has 158 valence electrons. The molecule has 0 radical (unpaired) electrons. The second-order valence-electron chi connectivity index (χ2n) is 7.25. The second-order valence-corrected chi connectivity index (χ2v) is 7.25. The number of ether oxygens (including phenoxy) is 1. The molecule has 0 saturated heterocycles. The molecule has 27 heavy (non-hydrogen) atoms. The van der Waals surface area contributed by atoms with Crippen LogP contribution in [0.25, 0.3) is 0 Å². The van der Waals surface area contributed by atoms with Crippen LogP contribution in [0.3, 0.4) is 0 Å². The molecule has 0 aromatic heterocycles. The van der Waals surface area contributed by atoms with Gasteiger partial charge in [0, 0.05) is 6.42 Å². The van der Waals surface area contributed by atoms with Crippen LogP contribution in [0, 0.1) is 0 Å². The zero-order chi connectivity index (χ0) is 20.3. The number of esters is 1. The predicted octanol–water partition coefficient (Wildman–Crippen LogP) is 5.33. The molecule has 0 aliphatic carbocycles. The molecule has 0 bridgehead atoms. The lowest BCUT2D eigenvalue weighted by atomic mass is 10.0. The van der Waals surface area contributed by atoms with Crippen molar-refractivity contribution in [1.29, 1.82) is 0 Å². The van der Waals surface area contributed by atoms with Crippen molar-refractivity contribution in [2.24, 2.45) is 0 Å². The Morgan fingerprint density at radius 1 is 0.630 bits per heavy atom. The standard InChI is InChI=1S/C21H38O6/c1-2-3-4-5-6-7-8-9-10-11-12-13-14-15-16-17-18(22)27-19(20(23)24)21(25)26/h19H,2-17H2,1H3,(H,23,24)(H,25,26). The number of unbranched alkanes of at least 4 members (excludes halogenated alkanes) is 14. The number of carboxylic acid groups (broad SMARTS) is 2. The van der Waals surface area contributed by atoms with Crippen molar-refractivity contribution in [3.63, 3.8) is 0 Å². The third kappa shape index (κ3) is 16.3. The highest BCUT2D eigenvalue weighted by Gasteiger charge is 2.29. The summed E-state index contributed by atoms with van der Waals surface area (Å²) >= 11 is 0. The lowest BCUT2D eigenvalue weighted by Crippen LogP contribution is -2.34. The molecular weight excluding hydrogens is 348 g/mol. The number of carbonyl (C=O) groups excluding carboxylic acids is 1. The van der Waals surface area contributed by atoms with Crippen LogP contribution in [0.15, 0.2) is 0 Å². The van der Waals surface area contributed by atoms with Gasteiger partial charge in [-0.3, -0.25) is 4.79 Å². The van der Waals surface area contributed by atoms with E-state index in [0.29, 0.717) is 6.42 Å².